The van der Waals surface area contributed by atoms with Gasteiger partial charge in [-0.3, -0.25) is 33.6 Å². The van der Waals surface area contributed by atoms with E-state index in [1.165, 1.54) is 0 Å². The van der Waals surface area contributed by atoms with Crippen molar-refractivity contribution in [1.82, 2.24) is 79.8 Å². The zero-order chi connectivity index (χ0) is 94.2. The van der Waals surface area contributed by atoms with Gasteiger partial charge in [-0.1, -0.05) is 5.92 Å². The summed E-state index contributed by atoms with van der Waals surface area (Å²) >= 11 is 0. The second-order valence-corrected chi connectivity index (χ2v) is 38.0. The number of hydrogen-bond donors (Lipinski definition) is 15. The van der Waals surface area contributed by atoms with Crippen LogP contribution >= 0.6 is 0 Å². The second-order valence-electron chi connectivity index (χ2n) is 38.0. The van der Waals surface area contributed by atoms with E-state index in [9.17, 15) is 71.9 Å². The van der Waals surface area contributed by atoms with Crippen molar-refractivity contribution in [2.75, 3.05) is 52.4 Å². The van der Waals surface area contributed by atoms with Gasteiger partial charge in [0.1, 0.15) is 87.1 Å². The largest absolute Gasteiger partial charge is 0.444 e. The highest BCUT2D eigenvalue weighted by molar-refractivity contribution is 5.94. The van der Waals surface area contributed by atoms with E-state index in [0.717, 1.165) is 0 Å². The van der Waals surface area contributed by atoms with Crippen LogP contribution in [0.15, 0.2) is 0 Å². The molecule has 706 valence electrons. The Morgan fingerprint density at radius 2 is 0.350 bits per heavy atom. The van der Waals surface area contributed by atoms with E-state index < -0.39 is 177 Å². The number of terminal acetylenes is 1. The smallest absolute Gasteiger partial charge is 0.408 e. The highest BCUT2D eigenvalue weighted by Gasteiger charge is 2.35. The molecule has 0 fully saturated rings. The average Bonchev–Trinajstić information content (AvgIpc) is 0.872. The average molecular weight is 1750 g/mol. The van der Waals surface area contributed by atoms with Gasteiger partial charge in [0, 0.05) is 45.8 Å². The first-order valence-electron chi connectivity index (χ1n) is 42.9. The summed E-state index contributed by atoms with van der Waals surface area (Å²) in [7, 11) is 0. The Balaban J connectivity index is 7.36. The Morgan fingerprint density at radius 1 is 0.203 bits per heavy atom. The summed E-state index contributed by atoms with van der Waals surface area (Å²) in [5.74, 6) is -2.52. The molecular weight excluding hydrogens is 1600 g/mol. The van der Waals surface area contributed by atoms with E-state index in [1.54, 1.807) is 166 Å². The minimum Gasteiger partial charge on any atom is -0.444 e. The van der Waals surface area contributed by atoms with Crippen LogP contribution in [0.25, 0.3) is 0 Å². The number of unbranched alkanes of at least 4 members (excludes halogenated alkanes) is 7. The highest BCUT2D eigenvalue weighted by atomic mass is 16.6. The molecule has 0 aliphatic rings. The number of carbonyl (C=O) groups is 15. The van der Waals surface area contributed by atoms with Gasteiger partial charge in [0.25, 0.3) is 0 Å². The molecule has 7 atom stereocenters. The maximum Gasteiger partial charge on any atom is 0.408 e. The van der Waals surface area contributed by atoms with Crippen molar-refractivity contribution in [1.29, 1.82) is 0 Å². The van der Waals surface area contributed by atoms with Crippen molar-refractivity contribution in [3.8, 4) is 12.3 Å². The molecular formula is C85H153N15O23. The molecule has 0 saturated heterocycles. The first-order valence-corrected chi connectivity index (χ1v) is 42.9. The van der Waals surface area contributed by atoms with Gasteiger partial charge in [0.15, 0.2) is 0 Å². The molecule has 123 heavy (non-hydrogen) atoms. The Kier molecular flexibility index (Phi) is 51.4. The highest BCUT2D eigenvalue weighted by Crippen LogP contribution is 2.18. The first kappa shape index (κ1) is 113. The molecule has 0 aliphatic carbocycles. The number of nitrogens with one attached hydrogen (secondary N) is 15. The van der Waals surface area contributed by atoms with E-state index in [0.29, 0.717) is 44.9 Å². The van der Waals surface area contributed by atoms with E-state index in [2.05, 4.69) is 85.7 Å². The third kappa shape index (κ3) is 63.6. The fraction of sp³-hybridized carbons (Fsp3) is 0.800. The van der Waals surface area contributed by atoms with Gasteiger partial charge in [-0.05, 0) is 301 Å². The lowest BCUT2D eigenvalue weighted by atomic mass is 10.0. The molecule has 15 amide bonds. The number of amides is 15. The summed E-state index contributed by atoms with van der Waals surface area (Å²) in [5, 5.41) is 40.6. The predicted octanol–water partition coefficient (Wildman–Crippen LogP) is 9.40. The van der Waals surface area contributed by atoms with Crippen molar-refractivity contribution in [2.45, 2.75) is 388 Å². The third-order valence-corrected chi connectivity index (χ3v) is 16.3. The summed E-state index contributed by atoms with van der Waals surface area (Å²) in [5.41, 5.74) is -6.71. The maximum absolute atomic E-state index is 14.9. The monoisotopic (exact) mass is 1750 g/mol. The van der Waals surface area contributed by atoms with Crippen LogP contribution in [0, 0.1) is 12.3 Å². The van der Waals surface area contributed by atoms with Crippen LogP contribution in [0.5, 0.6) is 0 Å². The van der Waals surface area contributed by atoms with Crippen molar-refractivity contribution in [2.24, 2.45) is 0 Å². The van der Waals surface area contributed by atoms with Crippen LogP contribution in [0.3, 0.4) is 0 Å². The lowest BCUT2D eigenvalue weighted by molar-refractivity contribution is -0.133. The number of carbonyl (C=O) groups excluding carboxylic acids is 15. The molecule has 0 radical (unpaired) electrons. The zero-order valence-corrected chi connectivity index (χ0v) is 78.0. The summed E-state index contributed by atoms with van der Waals surface area (Å²) in [6.45, 7) is 41.0. The fourth-order valence-electron chi connectivity index (χ4n) is 11.1. The summed E-state index contributed by atoms with van der Waals surface area (Å²) in [6.07, 6.45) is 3.68. The molecule has 0 spiro atoms. The van der Waals surface area contributed by atoms with Crippen LogP contribution in [0.4, 0.5) is 38.4 Å². The van der Waals surface area contributed by atoms with Gasteiger partial charge < -0.3 is 118 Å². The molecule has 0 aromatic carbocycles. The number of ether oxygens (including phenoxy) is 8. The molecule has 0 aliphatic heterocycles. The van der Waals surface area contributed by atoms with E-state index in [4.69, 9.17) is 44.3 Å². The molecule has 38 nitrogen and oxygen atoms in total. The quantitative estimate of drug-likeness (QED) is 0.0153. The van der Waals surface area contributed by atoms with Crippen molar-refractivity contribution >= 4 is 90.1 Å². The van der Waals surface area contributed by atoms with Crippen LogP contribution < -0.4 is 79.8 Å². The summed E-state index contributed by atoms with van der Waals surface area (Å²) in [6, 6.07) is -8.69. The van der Waals surface area contributed by atoms with Gasteiger partial charge in [-0.2, -0.15) is 0 Å². The zero-order valence-electron chi connectivity index (χ0n) is 78.0. The van der Waals surface area contributed by atoms with Crippen LogP contribution in [0.2, 0.25) is 0 Å². The topological polar surface area (TPSA) is 510 Å². The van der Waals surface area contributed by atoms with E-state index in [1.807, 2.05) is 0 Å². The second kappa shape index (κ2) is 56.0. The molecule has 0 rings (SSSR count). The minimum absolute atomic E-state index is 0.00901. The first-order chi connectivity index (χ1) is 56.6. The van der Waals surface area contributed by atoms with Gasteiger partial charge >= 0.3 is 48.7 Å². The van der Waals surface area contributed by atoms with Gasteiger partial charge in [0.2, 0.25) is 41.4 Å². The molecule has 15 N–H and O–H groups in total. The van der Waals surface area contributed by atoms with Crippen molar-refractivity contribution < 1.29 is 110 Å². The molecule has 0 saturated carbocycles. The molecule has 0 heterocycles. The van der Waals surface area contributed by atoms with Crippen LogP contribution in [-0.2, 0) is 71.5 Å². The van der Waals surface area contributed by atoms with Crippen LogP contribution in [0.1, 0.15) is 301 Å². The number of alkyl carbamates (subject to hydrolysis) is 8. The number of hydrogen-bond acceptors (Lipinski definition) is 23. The lowest BCUT2D eigenvalue weighted by Crippen LogP contribution is -2.57. The van der Waals surface area contributed by atoms with E-state index >= 15 is 0 Å². The Labute approximate surface area is 729 Å². The standard InChI is InChI=1S/C85H153N15O23/c1-26-48-86-63(101)56(94-67(105)60(96-69(107)62(100-77(115)123-85(23,24)25)47-33-40-55-93-73(111)119-81(11,12)13)45-29-36-51-89-66(104)59(98-75(113)121-83(17,18)19)44-31-38-53-91-71(109)117-79(5,6)7)41-27-34-49-87-64(102)57(95-68(106)61(99-76(114)122-84(20,21)22)46-32-39-54-92-72(110)118-80(8,9)10)42-28-35-50-88-65(103)58(97-74(112)120-82(14,15)16)43-30-37-52-90-70(108)116-78(2,3)4/h1,56-62H,27-55H2,2-25H3,(H,86,101)(H,87,102)(H,88,103)(H,89,104)(H,90,108)(H,91,109)(H,92,110)(H,93,111)(H,94,105)(H,95,106)(H,96,107)(H,97,112)(H,98,113)(H,99,114)(H,100,115)/t56-,57-,58-,59-,60-,61-,62-/m0/s1. The van der Waals surface area contributed by atoms with Crippen molar-refractivity contribution in [3.05, 3.63) is 0 Å². The molecule has 0 aromatic heterocycles. The Hall–Kier alpha value is -9.99. The Morgan fingerprint density at radius 3 is 0.528 bits per heavy atom. The molecule has 0 unspecified atom stereocenters. The third-order valence-electron chi connectivity index (χ3n) is 16.3. The van der Waals surface area contributed by atoms with Gasteiger partial charge in [-0.15, -0.1) is 6.42 Å². The predicted molar refractivity (Wildman–Crippen MR) is 463 cm³/mol. The maximum atomic E-state index is 14.9. The van der Waals surface area contributed by atoms with Gasteiger partial charge in [0.05, 0.1) is 6.54 Å². The molecule has 38 heteroatoms. The van der Waals surface area contributed by atoms with Gasteiger partial charge in [-0.25, -0.2) is 38.4 Å². The fourth-order valence-corrected chi connectivity index (χ4v) is 11.1. The summed E-state index contributed by atoms with van der Waals surface area (Å²) < 4.78 is 43.3. The van der Waals surface area contributed by atoms with Crippen LogP contribution in [-0.4, -0.2) is 230 Å². The van der Waals surface area contributed by atoms with E-state index in [-0.39, 0.29) is 142 Å². The molecule has 0 aromatic rings. The molecule has 0 bridgehead atoms. The number of rotatable bonds is 50. The van der Waals surface area contributed by atoms with Crippen molar-refractivity contribution in [3.63, 3.8) is 0 Å². The minimum atomic E-state index is -1.41. The summed E-state index contributed by atoms with van der Waals surface area (Å²) in [4.78, 5) is 202. The SMILES string of the molecule is C#CCNC(=O)[C@H](CCCCNC(=O)[C@H](CCCCNC(=O)[C@H](CCCCNC(=O)OC(C)(C)C)NC(=O)OC(C)(C)C)NC(=O)[C@H](CCCCNC(=O)OC(C)(C)C)NC(=O)OC(C)(C)C)NC(=O)[C@H](CCCCNC(=O)[C@H](CCCCNC(=O)OC(C)(C)C)NC(=O)OC(C)(C)C)NC(=O)[C@H](CCCCNC(=O)OC(C)(C)C)NC(=O)OC(C)(C)C. The lowest BCUT2D eigenvalue weighted by Gasteiger charge is -2.27. The Bertz CT molecular complexity index is 3370. The normalized spacial score (nSPS) is 13.6.